The smallest absolute Gasteiger partial charge is 0.418 e. The van der Waals surface area contributed by atoms with Crippen LogP contribution in [0.4, 0.5) is 13.2 Å². The number of alkyl halides is 3. The lowest BCUT2D eigenvalue weighted by Gasteiger charge is -2.13. The third kappa shape index (κ3) is 4.26. The van der Waals surface area contributed by atoms with Crippen molar-refractivity contribution >= 4 is 27.5 Å². The summed E-state index contributed by atoms with van der Waals surface area (Å²) in [5.74, 6) is -0.788. The van der Waals surface area contributed by atoms with Crippen LogP contribution in [0.3, 0.4) is 0 Å². The number of benzene rings is 2. The van der Waals surface area contributed by atoms with E-state index < -0.39 is 38.5 Å². The van der Waals surface area contributed by atoms with Crippen molar-refractivity contribution < 1.29 is 31.1 Å². The van der Waals surface area contributed by atoms with Gasteiger partial charge in [0.05, 0.1) is 23.3 Å². The number of hydrogen-bond donors (Lipinski definition) is 1. The highest BCUT2D eigenvalue weighted by Gasteiger charge is 2.34. The average Bonchev–Trinajstić information content (AvgIpc) is 3.08. The molecule has 0 radical (unpaired) electrons. The first-order valence-corrected chi connectivity index (χ1v) is 10.0. The number of sulfonamides is 1. The predicted molar refractivity (Wildman–Crippen MR) is 101 cm³/mol. The monoisotopic (exact) mass is 459 g/mol. The second-order valence-corrected chi connectivity index (χ2v) is 7.92. The Bertz CT molecular complexity index is 1190. The zero-order valence-electron chi connectivity index (χ0n) is 15.1. The summed E-state index contributed by atoms with van der Waals surface area (Å²) in [6, 6.07) is 9.75. The van der Waals surface area contributed by atoms with Crippen LogP contribution in [0.5, 0.6) is 5.75 Å². The summed E-state index contributed by atoms with van der Waals surface area (Å²) in [6.45, 7) is 0. The molecule has 3 rings (SSSR count). The van der Waals surface area contributed by atoms with Gasteiger partial charge < -0.3 is 4.74 Å². The summed E-state index contributed by atoms with van der Waals surface area (Å²) in [4.78, 5) is 15.9. The van der Waals surface area contributed by atoms with E-state index in [1.807, 2.05) is 0 Å². The van der Waals surface area contributed by atoms with Crippen LogP contribution in [0.25, 0.3) is 5.69 Å². The van der Waals surface area contributed by atoms with E-state index in [1.165, 1.54) is 43.5 Å². The molecule has 158 valence electrons. The minimum Gasteiger partial charge on any atom is -0.497 e. The first kappa shape index (κ1) is 21.7. The first-order chi connectivity index (χ1) is 14.0. The van der Waals surface area contributed by atoms with Crippen molar-refractivity contribution in [2.24, 2.45) is 0 Å². The summed E-state index contributed by atoms with van der Waals surface area (Å²) in [7, 11) is -2.88. The van der Waals surface area contributed by atoms with Gasteiger partial charge >= 0.3 is 6.18 Å². The third-order valence-electron chi connectivity index (χ3n) is 3.99. The topological polar surface area (TPSA) is 90.3 Å². The molecule has 30 heavy (non-hydrogen) atoms. The van der Waals surface area contributed by atoms with Gasteiger partial charge in [0.25, 0.3) is 15.9 Å². The molecule has 0 atom stereocenters. The van der Waals surface area contributed by atoms with Crippen LogP contribution in [0.1, 0.15) is 16.1 Å². The maximum atomic E-state index is 13.3. The molecule has 0 saturated heterocycles. The van der Waals surface area contributed by atoms with Crippen molar-refractivity contribution in [2.45, 2.75) is 11.1 Å². The number of carbonyl (C=O) groups excluding carboxylic acids is 1. The normalized spacial score (nSPS) is 11.9. The van der Waals surface area contributed by atoms with Crippen LogP contribution in [-0.2, 0) is 16.2 Å². The zero-order chi connectivity index (χ0) is 22.1. The van der Waals surface area contributed by atoms with Gasteiger partial charge in [0.1, 0.15) is 17.2 Å². The molecule has 1 N–H and O–H groups in total. The van der Waals surface area contributed by atoms with Gasteiger partial charge in [-0.1, -0.05) is 23.7 Å². The van der Waals surface area contributed by atoms with Crippen LogP contribution in [0, 0.1) is 0 Å². The number of methoxy groups -OCH3 is 1. The molecule has 1 aromatic heterocycles. The highest BCUT2D eigenvalue weighted by molar-refractivity contribution is 7.90. The lowest BCUT2D eigenvalue weighted by atomic mass is 10.1. The molecule has 12 heteroatoms. The summed E-state index contributed by atoms with van der Waals surface area (Å²) < 4.78 is 72.1. The molecule has 7 nitrogen and oxygen atoms in total. The quantitative estimate of drug-likeness (QED) is 0.628. The number of rotatable bonds is 5. The molecule has 0 unspecified atom stereocenters. The van der Waals surface area contributed by atoms with E-state index in [2.05, 4.69) is 4.98 Å². The highest BCUT2D eigenvalue weighted by Crippen LogP contribution is 2.35. The van der Waals surface area contributed by atoms with Gasteiger partial charge in [0.2, 0.25) is 0 Å². The van der Waals surface area contributed by atoms with E-state index in [0.717, 1.165) is 23.0 Å². The van der Waals surface area contributed by atoms with E-state index in [1.54, 1.807) is 4.72 Å². The van der Waals surface area contributed by atoms with Gasteiger partial charge in [-0.25, -0.2) is 18.1 Å². The second kappa shape index (κ2) is 8.00. The zero-order valence-corrected chi connectivity index (χ0v) is 16.7. The third-order valence-corrected chi connectivity index (χ3v) is 5.70. The maximum Gasteiger partial charge on any atom is 0.418 e. The van der Waals surface area contributed by atoms with Crippen molar-refractivity contribution in [3.8, 4) is 11.4 Å². The second-order valence-electron chi connectivity index (χ2n) is 5.88. The molecular formula is C18H13ClF3N3O4S. The van der Waals surface area contributed by atoms with Crippen molar-refractivity contribution in [1.29, 1.82) is 0 Å². The van der Waals surface area contributed by atoms with Gasteiger partial charge in [0, 0.05) is 0 Å². The van der Waals surface area contributed by atoms with Crippen molar-refractivity contribution in [1.82, 2.24) is 14.3 Å². The van der Waals surface area contributed by atoms with Gasteiger partial charge in [-0.2, -0.15) is 13.2 Å². The molecule has 1 amide bonds. The van der Waals surface area contributed by atoms with Crippen molar-refractivity contribution in [3.05, 3.63) is 71.3 Å². The van der Waals surface area contributed by atoms with Crippen LogP contribution in [-0.4, -0.2) is 31.0 Å². The SMILES string of the molecule is COc1ccc(S(=O)(=O)NC(=O)c2ncn(-c3ccccc3C(F)(F)F)c2Cl)cc1. The Morgan fingerprint density at radius 3 is 2.37 bits per heavy atom. The molecule has 0 bridgehead atoms. The summed E-state index contributed by atoms with van der Waals surface area (Å²) in [5, 5.41) is -0.478. The van der Waals surface area contributed by atoms with Crippen LogP contribution in [0.15, 0.2) is 59.8 Å². The predicted octanol–water partition coefficient (Wildman–Crippen LogP) is 3.67. The molecular weight excluding hydrogens is 447 g/mol. The molecule has 1 heterocycles. The highest BCUT2D eigenvalue weighted by atomic mass is 35.5. The Morgan fingerprint density at radius 1 is 1.13 bits per heavy atom. The fourth-order valence-corrected chi connectivity index (χ4v) is 3.78. The average molecular weight is 460 g/mol. The Labute approximate surface area is 174 Å². The Hall–Kier alpha value is -3.05. The lowest BCUT2D eigenvalue weighted by molar-refractivity contribution is -0.137. The molecule has 0 saturated carbocycles. The summed E-state index contributed by atoms with van der Waals surface area (Å²) >= 11 is 6.05. The fourth-order valence-electron chi connectivity index (χ4n) is 2.56. The van der Waals surface area contributed by atoms with Crippen molar-refractivity contribution in [2.75, 3.05) is 7.11 Å². The molecule has 0 fully saturated rings. The molecule has 0 aliphatic rings. The summed E-state index contributed by atoms with van der Waals surface area (Å²) in [6.07, 6.45) is -3.77. The summed E-state index contributed by atoms with van der Waals surface area (Å²) in [5.41, 5.74) is -1.91. The van der Waals surface area contributed by atoms with Gasteiger partial charge in [-0.3, -0.25) is 9.36 Å². The van der Waals surface area contributed by atoms with Crippen molar-refractivity contribution in [3.63, 3.8) is 0 Å². The largest absolute Gasteiger partial charge is 0.497 e. The first-order valence-electron chi connectivity index (χ1n) is 8.15. The number of hydrogen-bond acceptors (Lipinski definition) is 5. The van der Waals surface area contributed by atoms with Crippen LogP contribution >= 0.6 is 11.6 Å². The lowest BCUT2D eigenvalue weighted by Crippen LogP contribution is -2.31. The number of aromatic nitrogens is 2. The molecule has 2 aromatic carbocycles. The number of carbonyl (C=O) groups is 1. The van der Waals surface area contributed by atoms with E-state index in [-0.39, 0.29) is 10.6 Å². The van der Waals surface area contributed by atoms with E-state index in [0.29, 0.717) is 5.75 Å². The number of imidazole rings is 1. The Morgan fingerprint density at radius 2 is 1.77 bits per heavy atom. The number of halogens is 4. The molecule has 0 aliphatic carbocycles. The number of amides is 1. The number of nitrogens with one attached hydrogen (secondary N) is 1. The Kier molecular flexibility index (Phi) is 5.77. The van der Waals surface area contributed by atoms with Crippen LogP contribution < -0.4 is 9.46 Å². The van der Waals surface area contributed by atoms with Gasteiger partial charge in [0.15, 0.2) is 5.69 Å². The number of ether oxygens (including phenoxy) is 1. The molecule has 0 spiro atoms. The number of para-hydroxylation sites is 1. The van der Waals surface area contributed by atoms with E-state index >= 15 is 0 Å². The number of nitrogens with zero attached hydrogens (tertiary/aromatic N) is 2. The fraction of sp³-hybridized carbons (Fsp3) is 0.111. The molecule has 0 aliphatic heterocycles. The maximum absolute atomic E-state index is 13.3. The van der Waals surface area contributed by atoms with E-state index in [4.69, 9.17) is 16.3 Å². The molecule has 3 aromatic rings. The Balaban J connectivity index is 1.92. The van der Waals surface area contributed by atoms with Crippen LogP contribution in [0.2, 0.25) is 5.15 Å². The standard InChI is InChI=1S/C18H13ClF3N3O4S/c1-29-11-6-8-12(9-7-11)30(27,28)24-17(26)15-16(19)25(10-23-15)14-5-3-2-4-13(14)18(20,21)22/h2-10H,1H3,(H,24,26). The minimum absolute atomic E-state index is 0.227. The van der Waals surface area contributed by atoms with Gasteiger partial charge in [-0.05, 0) is 36.4 Å². The minimum atomic E-state index is -4.68. The van der Waals surface area contributed by atoms with E-state index in [9.17, 15) is 26.4 Å². The van der Waals surface area contributed by atoms with Gasteiger partial charge in [-0.15, -0.1) is 0 Å².